The Morgan fingerprint density at radius 2 is 2.31 bits per heavy atom. The van der Waals surface area contributed by atoms with E-state index in [0.29, 0.717) is 5.13 Å². The van der Waals surface area contributed by atoms with E-state index in [2.05, 4.69) is 9.97 Å². The van der Waals surface area contributed by atoms with Crippen LogP contribution in [0.3, 0.4) is 0 Å². The van der Waals surface area contributed by atoms with E-state index in [1.54, 1.807) is 6.20 Å². The van der Waals surface area contributed by atoms with Crippen molar-refractivity contribution in [3.63, 3.8) is 0 Å². The number of hydrogen-bond acceptors (Lipinski definition) is 4. The molecule has 0 unspecified atom stereocenters. The third kappa shape index (κ3) is 1.53. The van der Waals surface area contributed by atoms with Crippen LogP contribution in [0.1, 0.15) is 5.69 Å². The van der Waals surface area contributed by atoms with Crippen molar-refractivity contribution in [1.29, 1.82) is 0 Å². The lowest BCUT2D eigenvalue weighted by Gasteiger charge is -1.95. The standard InChI is InChI=1S/C9H9N3S/c1-6-8(13-9(10)12-6)7-3-2-4-11-5-7/h2-5H,1H3,(H2,10,12). The second-order valence-corrected chi connectivity index (χ2v) is 3.74. The van der Waals surface area contributed by atoms with Gasteiger partial charge in [0.05, 0.1) is 10.6 Å². The monoisotopic (exact) mass is 191 g/mol. The molecule has 0 aliphatic rings. The number of hydrogen-bond donors (Lipinski definition) is 1. The average Bonchev–Trinajstić information content (AvgIpc) is 2.47. The maximum Gasteiger partial charge on any atom is 0.180 e. The second kappa shape index (κ2) is 3.14. The highest BCUT2D eigenvalue weighted by molar-refractivity contribution is 7.18. The number of nitrogen functional groups attached to an aromatic ring is 1. The summed E-state index contributed by atoms with van der Waals surface area (Å²) in [4.78, 5) is 9.31. The van der Waals surface area contributed by atoms with Crippen LogP contribution in [-0.2, 0) is 0 Å². The molecule has 0 radical (unpaired) electrons. The fourth-order valence-corrected chi connectivity index (χ4v) is 2.01. The normalized spacial score (nSPS) is 10.2. The molecule has 0 saturated heterocycles. The average molecular weight is 191 g/mol. The van der Waals surface area contributed by atoms with Crippen molar-refractivity contribution in [1.82, 2.24) is 9.97 Å². The molecular formula is C9H9N3S. The highest BCUT2D eigenvalue weighted by atomic mass is 32.1. The van der Waals surface area contributed by atoms with Gasteiger partial charge in [-0.05, 0) is 13.0 Å². The van der Waals surface area contributed by atoms with Crippen molar-refractivity contribution in [3.05, 3.63) is 30.2 Å². The molecule has 3 nitrogen and oxygen atoms in total. The number of aromatic nitrogens is 2. The minimum absolute atomic E-state index is 0.608. The van der Waals surface area contributed by atoms with E-state index < -0.39 is 0 Å². The molecular weight excluding hydrogens is 182 g/mol. The van der Waals surface area contributed by atoms with Gasteiger partial charge in [-0.25, -0.2) is 4.98 Å². The van der Waals surface area contributed by atoms with Crippen LogP contribution < -0.4 is 5.73 Å². The van der Waals surface area contributed by atoms with Crippen LogP contribution in [-0.4, -0.2) is 9.97 Å². The summed E-state index contributed by atoms with van der Waals surface area (Å²) in [7, 11) is 0. The fourth-order valence-electron chi connectivity index (χ4n) is 1.18. The Bertz CT molecular complexity index is 408. The maximum absolute atomic E-state index is 5.60. The summed E-state index contributed by atoms with van der Waals surface area (Å²) in [5.74, 6) is 0. The maximum atomic E-state index is 5.60. The van der Waals surface area contributed by atoms with Crippen molar-refractivity contribution in [2.45, 2.75) is 6.92 Å². The molecule has 0 bridgehead atoms. The SMILES string of the molecule is Cc1nc(N)sc1-c1cccnc1. The molecule has 0 amide bonds. The Balaban J connectivity index is 2.53. The molecule has 0 aliphatic heterocycles. The topological polar surface area (TPSA) is 51.8 Å². The lowest BCUT2D eigenvalue weighted by atomic mass is 10.2. The molecule has 13 heavy (non-hydrogen) atoms. The number of thiazole rings is 1. The molecule has 2 heterocycles. The molecule has 0 saturated carbocycles. The number of nitrogens with two attached hydrogens (primary N) is 1. The van der Waals surface area contributed by atoms with E-state index in [0.717, 1.165) is 16.1 Å². The highest BCUT2D eigenvalue weighted by Crippen LogP contribution is 2.30. The summed E-state index contributed by atoms with van der Waals surface area (Å²) >= 11 is 1.49. The van der Waals surface area contributed by atoms with Crippen LogP contribution in [0.25, 0.3) is 10.4 Å². The van der Waals surface area contributed by atoms with Crippen LogP contribution >= 0.6 is 11.3 Å². The van der Waals surface area contributed by atoms with Crippen molar-refractivity contribution < 1.29 is 0 Å². The Morgan fingerprint density at radius 1 is 1.46 bits per heavy atom. The summed E-state index contributed by atoms with van der Waals surface area (Å²) in [6, 6.07) is 3.91. The first kappa shape index (κ1) is 8.19. The van der Waals surface area contributed by atoms with Crippen LogP contribution in [0, 0.1) is 6.92 Å². The van der Waals surface area contributed by atoms with Crippen molar-refractivity contribution in [3.8, 4) is 10.4 Å². The van der Waals surface area contributed by atoms with Gasteiger partial charge in [-0.15, -0.1) is 0 Å². The molecule has 4 heteroatoms. The zero-order valence-electron chi connectivity index (χ0n) is 7.19. The van der Waals surface area contributed by atoms with E-state index in [9.17, 15) is 0 Å². The van der Waals surface area contributed by atoms with Crippen molar-refractivity contribution in [2.24, 2.45) is 0 Å². The first-order chi connectivity index (χ1) is 6.27. The van der Waals surface area contributed by atoms with Gasteiger partial charge in [-0.1, -0.05) is 17.4 Å². The number of anilines is 1. The minimum Gasteiger partial charge on any atom is -0.375 e. The molecule has 2 rings (SSSR count). The number of nitrogens with zero attached hydrogens (tertiary/aromatic N) is 2. The Hall–Kier alpha value is -1.42. The second-order valence-electron chi connectivity index (χ2n) is 2.71. The highest BCUT2D eigenvalue weighted by Gasteiger charge is 2.06. The van der Waals surface area contributed by atoms with Gasteiger partial charge < -0.3 is 5.73 Å². The zero-order chi connectivity index (χ0) is 9.26. The molecule has 0 aliphatic carbocycles. The summed E-state index contributed by atoms with van der Waals surface area (Å²) < 4.78 is 0. The van der Waals surface area contributed by atoms with Gasteiger partial charge in [0.2, 0.25) is 0 Å². The number of aryl methyl sites for hydroxylation is 1. The van der Waals surface area contributed by atoms with Crippen molar-refractivity contribution >= 4 is 16.5 Å². The first-order valence-electron chi connectivity index (χ1n) is 3.90. The predicted molar refractivity (Wildman–Crippen MR) is 54.5 cm³/mol. The molecule has 2 aromatic rings. The van der Waals surface area contributed by atoms with Gasteiger partial charge in [-0.3, -0.25) is 4.98 Å². The molecule has 0 fully saturated rings. The predicted octanol–water partition coefficient (Wildman–Crippen LogP) is 2.10. The van der Waals surface area contributed by atoms with Crippen molar-refractivity contribution in [2.75, 3.05) is 5.73 Å². The molecule has 0 aromatic carbocycles. The molecule has 66 valence electrons. The van der Waals surface area contributed by atoms with Gasteiger partial charge in [0.25, 0.3) is 0 Å². The molecule has 0 atom stereocenters. The fraction of sp³-hybridized carbons (Fsp3) is 0.111. The summed E-state index contributed by atoms with van der Waals surface area (Å²) in [5, 5.41) is 0.608. The third-order valence-corrected chi connectivity index (χ3v) is 2.77. The Kier molecular flexibility index (Phi) is 1.98. The summed E-state index contributed by atoms with van der Waals surface area (Å²) in [6.45, 7) is 1.95. The smallest absolute Gasteiger partial charge is 0.180 e. The van der Waals surface area contributed by atoms with E-state index in [-0.39, 0.29) is 0 Å². The van der Waals surface area contributed by atoms with Crippen LogP contribution in [0.2, 0.25) is 0 Å². The molecule has 2 aromatic heterocycles. The van der Waals surface area contributed by atoms with Crippen LogP contribution in [0.4, 0.5) is 5.13 Å². The van der Waals surface area contributed by atoms with E-state index >= 15 is 0 Å². The Labute approximate surface area is 80.3 Å². The number of rotatable bonds is 1. The largest absolute Gasteiger partial charge is 0.375 e. The quantitative estimate of drug-likeness (QED) is 0.751. The molecule has 2 N–H and O–H groups in total. The van der Waals surface area contributed by atoms with Gasteiger partial charge in [0.15, 0.2) is 5.13 Å². The summed E-state index contributed by atoms with van der Waals surface area (Å²) in [6.07, 6.45) is 3.57. The first-order valence-corrected chi connectivity index (χ1v) is 4.72. The molecule has 0 spiro atoms. The Morgan fingerprint density at radius 3 is 2.85 bits per heavy atom. The lowest BCUT2D eigenvalue weighted by Crippen LogP contribution is -1.81. The van der Waals surface area contributed by atoms with Gasteiger partial charge >= 0.3 is 0 Å². The minimum atomic E-state index is 0.608. The van der Waals surface area contributed by atoms with E-state index in [4.69, 9.17) is 5.73 Å². The van der Waals surface area contributed by atoms with Crippen LogP contribution in [0.5, 0.6) is 0 Å². The van der Waals surface area contributed by atoms with Gasteiger partial charge in [-0.2, -0.15) is 0 Å². The van der Waals surface area contributed by atoms with Gasteiger partial charge in [0.1, 0.15) is 0 Å². The van der Waals surface area contributed by atoms with E-state index in [1.165, 1.54) is 11.3 Å². The zero-order valence-corrected chi connectivity index (χ0v) is 8.01. The summed E-state index contributed by atoms with van der Waals surface area (Å²) in [5.41, 5.74) is 7.65. The third-order valence-electron chi connectivity index (χ3n) is 1.74. The van der Waals surface area contributed by atoms with E-state index in [1.807, 2.05) is 25.3 Å². The number of pyridine rings is 1. The van der Waals surface area contributed by atoms with Gasteiger partial charge in [0, 0.05) is 18.0 Å². The lowest BCUT2D eigenvalue weighted by molar-refractivity contribution is 1.26. The van der Waals surface area contributed by atoms with Crippen LogP contribution in [0.15, 0.2) is 24.5 Å².